The minimum absolute atomic E-state index is 0.176. The highest BCUT2D eigenvalue weighted by Crippen LogP contribution is 2.30. The number of anilines is 1. The van der Waals surface area contributed by atoms with Gasteiger partial charge in [-0.05, 0) is 24.3 Å². The standard InChI is InChI=1S/C14H13N3O3/c1-16-12-8-20-7-11(12)13(18)17(14(16)19)10-4-2-9(6-15)3-5-10/h2-5,11-12H,7-8H2,1H3. The molecular weight excluding hydrogens is 258 g/mol. The molecule has 0 N–H and O–H groups in total. The summed E-state index contributed by atoms with van der Waals surface area (Å²) in [5.41, 5.74) is 0.970. The van der Waals surface area contributed by atoms with E-state index in [0.717, 1.165) is 4.90 Å². The first-order chi connectivity index (χ1) is 9.63. The quantitative estimate of drug-likeness (QED) is 0.763. The summed E-state index contributed by atoms with van der Waals surface area (Å²) in [4.78, 5) is 27.5. The summed E-state index contributed by atoms with van der Waals surface area (Å²) < 4.78 is 5.32. The molecule has 20 heavy (non-hydrogen) atoms. The molecule has 1 aromatic rings. The minimum Gasteiger partial charge on any atom is -0.378 e. The first-order valence-electron chi connectivity index (χ1n) is 6.32. The fourth-order valence-electron chi connectivity index (χ4n) is 2.64. The monoisotopic (exact) mass is 271 g/mol. The van der Waals surface area contributed by atoms with Crippen LogP contribution in [0.4, 0.5) is 10.5 Å². The first kappa shape index (κ1) is 12.6. The number of hydrogen-bond acceptors (Lipinski definition) is 4. The smallest absolute Gasteiger partial charge is 0.331 e. The van der Waals surface area contributed by atoms with Crippen LogP contribution in [0.25, 0.3) is 0 Å². The average molecular weight is 271 g/mol. The van der Waals surface area contributed by atoms with Gasteiger partial charge in [-0.1, -0.05) is 0 Å². The number of nitriles is 1. The van der Waals surface area contributed by atoms with E-state index in [9.17, 15) is 9.59 Å². The number of likely N-dealkylation sites (N-methyl/N-ethyl adjacent to an activating group) is 1. The van der Waals surface area contributed by atoms with Gasteiger partial charge in [-0.2, -0.15) is 5.26 Å². The Morgan fingerprint density at radius 2 is 1.95 bits per heavy atom. The molecule has 2 fully saturated rings. The van der Waals surface area contributed by atoms with Crippen molar-refractivity contribution in [3.63, 3.8) is 0 Å². The van der Waals surface area contributed by atoms with Crippen LogP contribution in [0.15, 0.2) is 24.3 Å². The molecule has 0 aliphatic carbocycles. The Hall–Kier alpha value is -2.39. The van der Waals surface area contributed by atoms with E-state index in [2.05, 4.69) is 0 Å². The topological polar surface area (TPSA) is 73.6 Å². The highest BCUT2D eigenvalue weighted by atomic mass is 16.5. The molecule has 0 spiro atoms. The molecule has 2 aliphatic rings. The number of nitrogens with zero attached hydrogens (tertiary/aromatic N) is 3. The second kappa shape index (κ2) is 4.62. The number of hydrogen-bond donors (Lipinski definition) is 0. The zero-order valence-electron chi connectivity index (χ0n) is 10.9. The summed E-state index contributed by atoms with van der Waals surface area (Å²) >= 11 is 0. The van der Waals surface area contributed by atoms with Gasteiger partial charge in [0.15, 0.2) is 0 Å². The maximum atomic E-state index is 12.5. The maximum absolute atomic E-state index is 12.5. The first-order valence-corrected chi connectivity index (χ1v) is 6.32. The number of imide groups is 1. The molecule has 0 bridgehead atoms. The van der Waals surface area contributed by atoms with Crippen LogP contribution in [0.5, 0.6) is 0 Å². The largest absolute Gasteiger partial charge is 0.378 e. The van der Waals surface area contributed by atoms with E-state index in [1.807, 2.05) is 6.07 Å². The molecule has 0 saturated carbocycles. The SMILES string of the molecule is CN1C(=O)N(c2ccc(C#N)cc2)C(=O)C2COCC21. The molecule has 6 heteroatoms. The van der Waals surface area contributed by atoms with Gasteiger partial charge >= 0.3 is 6.03 Å². The number of fused-ring (bicyclic) bond motifs is 1. The molecule has 0 radical (unpaired) electrons. The van der Waals surface area contributed by atoms with Gasteiger partial charge in [0.2, 0.25) is 5.91 Å². The fraction of sp³-hybridized carbons (Fsp3) is 0.357. The summed E-state index contributed by atoms with van der Waals surface area (Å²) in [6, 6.07) is 7.87. The summed E-state index contributed by atoms with van der Waals surface area (Å²) in [5, 5.41) is 8.79. The molecule has 2 aliphatic heterocycles. The Balaban J connectivity index is 1.97. The van der Waals surface area contributed by atoms with Gasteiger partial charge in [0.05, 0.1) is 42.5 Å². The fourth-order valence-corrected chi connectivity index (χ4v) is 2.64. The zero-order chi connectivity index (χ0) is 14.3. The minimum atomic E-state index is -0.355. The van der Waals surface area contributed by atoms with Crippen LogP contribution >= 0.6 is 0 Å². The number of ether oxygens (including phenoxy) is 1. The third-order valence-corrected chi connectivity index (χ3v) is 3.83. The molecule has 2 atom stereocenters. The van der Waals surface area contributed by atoms with Crippen molar-refractivity contribution >= 4 is 17.6 Å². The number of carbonyl (C=O) groups excluding carboxylic acids is 2. The maximum Gasteiger partial charge on any atom is 0.331 e. The number of benzene rings is 1. The lowest BCUT2D eigenvalue weighted by molar-refractivity contribution is -0.124. The van der Waals surface area contributed by atoms with Gasteiger partial charge in [-0.25, -0.2) is 9.69 Å². The second-order valence-electron chi connectivity index (χ2n) is 4.94. The lowest BCUT2D eigenvalue weighted by atomic mass is 9.98. The van der Waals surface area contributed by atoms with Gasteiger partial charge in [0, 0.05) is 7.05 Å². The van der Waals surface area contributed by atoms with Crippen molar-refractivity contribution in [2.24, 2.45) is 5.92 Å². The van der Waals surface area contributed by atoms with Crippen molar-refractivity contribution in [3.8, 4) is 6.07 Å². The Labute approximate surface area is 116 Å². The van der Waals surface area contributed by atoms with Crippen LogP contribution in [0.3, 0.4) is 0 Å². The van der Waals surface area contributed by atoms with Crippen molar-refractivity contribution in [3.05, 3.63) is 29.8 Å². The number of urea groups is 1. The lowest BCUT2D eigenvalue weighted by Crippen LogP contribution is -2.60. The van der Waals surface area contributed by atoms with Crippen LogP contribution in [0.1, 0.15) is 5.56 Å². The van der Waals surface area contributed by atoms with Crippen LogP contribution in [0.2, 0.25) is 0 Å². The Morgan fingerprint density at radius 1 is 1.25 bits per heavy atom. The zero-order valence-corrected chi connectivity index (χ0v) is 10.9. The van der Waals surface area contributed by atoms with Gasteiger partial charge in [-0.3, -0.25) is 4.79 Å². The van der Waals surface area contributed by atoms with Gasteiger partial charge < -0.3 is 9.64 Å². The molecule has 0 aromatic heterocycles. The molecular formula is C14H13N3O3. The third kappa shape index (κ3) is 1.75. The molecule has 102 valence electrons. The van der Waals surface area contributed by atoms with Gasteiger partial charge in [0.25, 0.3) is 0 Å². The summed E-state index contributed by atoms with van der Waals surface area (Å²) in [5.74, 6) is -0.548. The Kier molecular flexibility index (Phi) is 2.92. The number of rotatable bonds is 1. The third-order valence-electron chi connectivity index (χ3n) is 3.83. The molecule has 3 rings (SSSR count). The summed E-state index contributed by atoms with van der Waals surface area (Å²) in [6.45, 7) is 0.744. The second-order valence-corrected chi connectivity index (χ2v) is 4.94. The van der Waals surface area contributed by atoms with E-state index in [1.54, 1.807) is 36.2 Å². The van der Waals surface area contributed by atoms with Crippen LogP contribution in [0, 0.1) is 17.2 Å². The predicted octanol–water partition coefficient (Wildman–Crippen LogP) is 0.972. The Bertz CT molecular complexity index is 605. The van der Waals surface area contributed by atoms with E-state index in [-0.39, 0.29) is 23.9 Å². The molecule has 6 nitrogen and oxygen atoms in total. The van der Waals surface area contributed by atoms with Gasteiger partial charge in [-0.15, -0.1) is 0 Å². The Morgan fingerprint density at radius 3 is 2.60 bits per heavy atom. The van der Waals surface area contributed by atoms with Crippen molar-refractivity contribution < 1.29 is 14.3 Å². The summed E-state index contributed by atoms with van der Waals surface area (Å²) in [7, 11) is 1.68. The molecule has 2 heterocycles. The molecule has 3 amide bonds. The van der Waals surface area contributed by atoms with Crippen LogP contribution < -0.4 is 4.90 Å². The van der Waals surface area contributed by atoms with E-state index < -0.39 is 0 Å². The van der Waals surface area contributed by atoms with Crippen molar-refractivity contribution in [1.82, 2.24) is 4.90 Å². The highest BCUT2D eigenvalue weighted by molar-refractivity contribution is 6.17. The van der Waals surface area contributed by atoms with E-state index >= 15 is 0 Å². The van der Waals surface area contributed by atoms with Crippen molar-refractivity contribution in [2.45, 2.75) is 6.04 Å². The average Bonchev–Trinajstić information content (AvgIpc) is 2.96. The van der Waals surface area contributed by atoms with Crippen LogP contribution in [-0.2, 0) is 9.53 Å². The molecule has 2 saturated heterocycles. The van der Waals surface area contributed by atoms with E-state index in [0.29, 0.717) is 24.5 Å². The van der Waals surface area contributed by atoms with E-state index in [4.69, 9.17) is 10.00 Å². The molecule has 2 unspecified atom stereocenters. The highest BCUT2D eigenvalue weighted by Gasteiger charge is 2.48. The van der Waals surface area contributed by atoms with Crippen molar-refractivity contribution in [2.75, 3.05) is 25.2 Å². The number of amides is 3. The van der Waals surface area contributed by atoms with Crippen LogP contribution in [-0.4, -0.2) is 43.1 Å². The summed E-state index contributed by atoms with van der Waals surface area (Å²) in [6.07, 6.45) is 0. The number of carbonyl (C=O) groups is 2. The molecule has 1 aromatic carbocycles. The lowest BCUT2D eigenvalue weighted by Gasteiger charge is -2.38. The predicted molar refractivity (Wildman–Crippen MR) is 69.9 cm³/mol. The van der Waals surface area contributed by atoms with Crippen molar-refractivity contribution in [1.29, 1.82) is 5.26 Å². The van der Waals surface area contributed by atoms with E-state index in [1.165, 1.54) is 0 Å². The van der Waals surface area contributed by atoms with Gasteiger partial charge in [0.1, 0.15) is 0 Å². The normalized spacial score (nSPS) is 25.6.